The molecule has 1 aromatic heterocycles. The van der Waals surface area contributed by atoms with Gasteiger partial charge >= 0.3 is 0 Å². The van der Waals surface area contributed by atoms with Crippen LogP contribution in [0.1, 0.15) is 5.56 Å². The van der Waals surface area contributed by atoms with Crippen molar-refractivity contribution < 1.29 is 5.11 Å². The average molecular weight is 204 g/mol. The van der Waals surface area contributed by atoms with E-state index in [0.717, 1.165) is 10.1 Å². The van der Waals surface area contributed by atoms with E-state index in [1.165, 1.54) is 11.3 Å². The van der Waals surface area contributed by atoms with Crippen LogP contribution in [0.2, 0.25) is 0 Å². The lowest BCUT2D eigenvalue weighted by atomic mass is 10.1. The maximum atomic E-state index is 9.56. The molecule has 2 aromatic rings. The highest BCUT2D eigenvalue weighted by atomic mass is 32.1. The molecule has 0 amide bonds. The van der Waals surface area contributed by atoms with E-state index in [1.54, 1.807) is 6.07 Å². The summed E-state index contributed by atoms with van der Waals surface area (Å²) in [6, 6.07) is 7.29. The van der Waals surface area contributed by atoms with Crippen molar-refractivity contribution in [3.8, 4) is 11.8 Å². The van der Waals surface area contributed by atoms with Gasteiger partial charge < -0.3 is 10.8 Å². The Morgan fingerprint density at radius 3 is 2.93 bits per heavy atom. The van der Waals surface area contributed by atoms with Gasteiger partial charge in [-0.15, -0.1) is 11.3 Å². The Bertz CT molecular complexity index is 525. The highest BCUT2D eigenvalue weighted by Crippen LogP contribution is 2.32. The van der Waals surface area contributed by atoms with Gasteiger partial charge in [0.05, 0.1) is 17.5 Å². The second kappa shape index (κ2) is 3.20. The molecule has 0 saturated heterocycles. The molecule has 0 unspecified atom stereocenters. The minimum atomic E-state index is 0.164. The van der Waals surface area contributed by atoms with Crippen molar-refractivity contribution in [3.63, 3.8) is 0 Å². The van der Waals surface area contributed by atoms with Gasteiger partial charge in [0, 0.05) is 10.3 Å². The topological polar surface area (TPSA) is 70.0 Å². The van der Waals surface area contributed by atoms with E-state index < -0.39 is 0 Å². The van der Waals surface area contributed by atoms with Crippen molar-refractivity contribution in [2.24, 2.45) is 0 Å². The quantitative estimate of drug-likeness (QED) is 0.748. The normalized spacial score (nSPS) is 10.2. The fraction of sp³-hybridized carbons (Fsp3) is 0.100. The second-order valence-corrected chi connectivity index (χ2v) is 4.12. The molecule has 3 nitrogen and oxygen atoms in total. The largest absolute Gasteiger partial charge is 0.508 e. The van der Waals surface area contributed by atoms with Crippen LogP contribution >= 0.6 is 11.3 Å². The van der Waals surface area contributed by atoms with Crippen molar-refractivity contribution in [3.05, 3.63) is 23.8 Å². The molecule has 1 heterocycles. The number of hydrogen-bond donors (Lipinski definition) is 2. The first-order valence-corrected chi connectivity index (χ1v) is 4.90. The zero-order valence-electron chi connectivity index (χ0n) is 7.32. The first-order chi connectivity index (χ1) is 6.70. The summed E-state index contributed by atoms with van der Waals surface area (Å²) in [5, 5.41) is 19.7. The maximum absolute atomic E-state index is 9.56. The van der Waals surface area contributed by atoms with Crippen molar-refractivity contribution >= 4 is 26.4 Å². The molecular formula is C10H8N2OS. The van der Waals surface area contributed by atoms with Crippen LogP contribution in [0.25, 0.3) is 10.1 Å². The standard InChI is InChI=1S/C10H8N2OS/c11-2-1-6-4-9-7(3-8(6)13)5-10(12)14-9/h3-5,13H,1,12H2. The molecule has 1 aromatic carbocycles. The number of nitrogens with zero attached hydrogens (tertiary/aromatic N) is 1. The summed E-state index contributed by atoms with van der Waals surface area (Å²) < 4.78 is 1.01. The van der Waals surface area contributed by atoms with Crippen molar-refractivity contribution in [2.45, 2.75) is 6.42 Å². The van der Waals surface area contributed by atoms with Crippen LogP contribution in [-0.2, 0) is 6.42 Å². The van der Waals surface area contributed by atoms with Gasteiger partial charge in [-0.25, -0.2) is 0 Å². The minimum Gasteiger partial charge on any atom is -0.508 e. The molecule has 14 heavy (non-hydrogen) atoms. The van der Waals surface area contributed by atoms with Gasteiger partial charge in [0.15, 0.2) is 0 Å². The maximum Gasteiger partial charge on any atom is 0.120 e. The summed E-state index contributed by atoms with van der Waals surface area (Å²) >= 11 is 1.46. The number of aromatic hydroxyl groups is 1. The zero-order valence-corrected chi connectivity index (χ0v) is 8.14. The first kappa shape index (κ1) is 8.85. The van der Waals surface area contributed by atoms with E-state index in [9.17, 15) is 5.11 Å². The summed E-state index contributed by atoms with van der Waals surface area (Å²) in [7, 11) is 0. The highest BCUT2D eigenvalue weighted by molar-refractivity contribution is 7.22. The Balaban J connectivity index is 2.65. The lowest BCUT2D eigenvalue weighted by molar-refractivity contribution is 0.471. The fourth-order valence-electron chi connectivity index (χ4n) is 1.36. The number of phenolic OH excluding ortho intramolecular Hbond substituents is 1. The van der Waals surface area contributed by atoms with Crippen LogP contribution in [0.15, 0.2) is 18.2 Å². The molecule has 3 N–H and O–H groups in total. The van der Waals surface area contributed by atoms with Crippen molar-refractivity contribution in [1.82, 2.24) is 0 Å². The minimum absolute atomic E-state index is 0.164. The van der Waals surface area contributed by atoms with Gasteiger partial charge in [0.25, 0.3) is 0 Å². The number of benzene rings is 1. The molecule has 0 atom stereocenters. The van der Waals surface area contributed by atoms with Gasteiger partial charge in [0.1, 0.15) is 5.75 Å². The number of nitriles is 1. The average Bonchev–Trinajstić information content (AvgIpc) is 2.45. The predicted molar refractivity (Wildman–Crippen MR) is 57.2 cm³/mol. The van der Waals surface area contributed by atoms with Crippen LogP contribution in [-0.4, -0.2) is 5.11 Å². The van der Waals surface area contributed by atoms with Gasteiger partial charge in [-0.1, -0.05) is 0 Å². The Hall–Kier alpha value is -1.73. The molecule has 0 aliphatic rings. The van der Waals surface area contributed by atoms with Crippen LogP contribution in [0.5, 0.6) is 5.75 Å². The van der Waals surface area contributed by atoms with Crippen molar-refractivity contribution in [2.75, 3.05) is 5.73 Å². The fourth-order valence-corrected chi connectivity index (χ4v) is 2.24. The molecule has 70 valence electrons. The Kier molecular flexibility index (Phi) is 2.02. The number of phenols is 1. The molecular weight excluding hydrogens is 196 g/mol. The molecule has 0 saturated carbocycles. The first-order valence-electron chi connectivity index (χ1n) is 4.08. The van der Waals surface area contributed by atoms with Gasteiger partial charge in [-0.05, 0) is 23.6 Å². The molecule has 0 bridgehead atoms. The van der Waals surface area contributed by atoms with Crippen LogP contribution < -0.4 is 5.73 Å². The van der Waals surface area contributed by atoms with Crippen LogP contribution in [0.3, 0.4) is 0 Å². The predicted octanol–water partition coefficient (Wildman–Crippen LogP) is 2.26. The molecule has 0 spiro atoms. The number of hydrogen-bond acceptors (Lipinski definition) is 4. The van der Waals surface area contributed by atoms with Gasteiger partial charge in [-0.2, -0.15) is 5.26 Å². The summed E-state index contributed by atoms with van der Waals surface area (Å²) in [5.41, 5.74) is 6.29. The van der Waals surface area contributed by atoms with Gasteiger partial charge in [0.2, 0.25) is 0 Å². The lowest BCUT2D eigenvalue weighted by Crippen LogP contribution is -1.81. The van der Waals surface area contributed by atoms with E-state index in [0.29, 0.717) is 10.6 Å². The number of thiophene rings is 1. The molecule has 0 aliphatic carbocycles. The number of nitrogens with two attached hydrogens (primary N) is 1. The highest BCUT2D eigenvalue weighted by Gasteiger charge is 2.05. The van der Waals surface area contributed by atoms with Crippen LogP contribution in [0, 0.1) is 11.3 Å². The summed E-state index contributed by atoms with van der Waals surface area (Å²) in [4.78, 5) is 0. The van der Waals surface area contributed by atoms with Crippen molar-refractivity contribution in [1.29, 1.82) is 5.26 Å². The lowest BCUT2D eigenvalue weighted by Gasteiger charge is -1.99. The number of nitrogen functional groups attached to an aromatic ring is 1. The van der Waals surface area contributed by atoms with E-state index in [1.807, 2.05) is 18.2 Å². The van der Waals surface area contributed by atoms with E-state index in [-0.39, 0.29) is 12.2 Å². The number of fused-ring (bicyclic) bond motifs is 1. The van der Waals surface area contributed by atoms with E-state index >= 15 is 0 Å². The monoisotopic (exact) mass is 204 g/mol. The Morgan fingerprint density at radius 2 is 2.21 bits per heavy atom. The zero-order chi connectivity index (χ0) is 10.1. The third kappa shape index (κ3) is 1.38. The van der Waals surface area contributed by atoms with Crippen LogP contribution in [0.4, 0.5) is 5.00 Å². The summed E-state index contributed by atoms with van der Waals surface area (Å²) in [5.74, 6) is 0.164. The number of anilines is 1. The summed E-state index contributed by atoms with van der Waals surface area (Å²) in [6.45, 7) is 0. The Labute approximate surface area is 85.0 Å². The summed E-state index contributed by atoms with van der Waals surface area (Å²) in [6.07, 6.45) is 0.222. The molecule has 0 aliphatic heterocycles. The molecule has 0 radical (unpaired) electrons. The third-order valence-electron chi connectivity index (χ3n) is 2.01. The molecule has 0 fully saturated rings. The van der Waals surface area contributed by atoms with E-state index in [2.05, 4.69) is 0 Å². The molecule has 4 heteroatoms. The third-order valence-corrected chi connectivity index (χ3v) is 2.93. The smallest absolute Gasteiger partial charge is 0.120 e. The SMILES string of the molecule is N#CCc1cc2sc(N)cc2cc1O. The second-order valence-electron chi connectivity index (χ2n) is 3.00. The van der Waals surface area contributed by atoms with Gasteiger partial charge in [-0.3, -0.25) is 0 Å². The Morgan fingerprint density at radius 1 is 1.43 bits per heavy atom. The number of rotatable bonds is 1. The molecule has 2 rings (SSSR count). The van der Waals surface area contributed by atoms with E-state index in [4.69, 9.17) is 11.0 Å².